The maximum atomic E-state index is 13.1. The third kappa shape index (κ3) is 4.48. The number of hydrogen-bond donors (Lipinski definition) is 0. The smallest absolute Gasteiger partial charge is 0.260 e. The molecule has 0 aliphatic carbocycles. The Kier molecular flexibility index (Phi) is 6.46. The van der Waals surface area contributed by atoms with Gasteiger partial charge in [-0.25, -0.2) is 0 Å². The number of amides is 1. The number of nitrogens with zero attached hydrogens (tertiary/aromatic N) is 2. The van der Waals surface area contributed by atoms with Crippen LogP contribution in [0.2, 0.25) is 0 Å². The molecule has 168 valence electrons. The van der Waals surface area contributed by atoms with Crippen molar-refractivity contribution < 1.29 is 18.7 Å². The van der Waals surface area contributed by atoms with E-state index in [2.05, 4.69) is 11.8 Å². The van der Waals surface area contributed by atoms with Gasteiger partial charge >= 0.3 is 0 Å². The topological polar surface area (TPSA) is 72.2 Å². The second-order valence-electron chi connectivity index (χ2n) is 7.85. The summed E-state index contributed by atoms with van der Waals surface area (Å²) < 4.78 is 16.9. The minimum Gasteiger partial charge on any atom is -0.497 e. The number of likely N-dealkylation sites (N-methyl/N-ethyl adjacent to an activating group) is 1. The Morgan fingerprint density at radius 3 is 2.38 bits per heavy atom. The summed E-state index contributed by atoms with van der Waals surface area (Å²) in [6, 6.07) is 12.4. The van der Waals surface area contributed by atoms with Gasteiger partial charge in [-0.15, -0.1) is 0 Å². The summed E-state index contributed by atoms with van der Waals surface area (Å²) in [4.78, 5) is 29.8. The Balaban J connectivity index is 1.51. The first kappa shape index (κ1) is 21.9. The van der Waals surface area contributed by atoms with Crippen molar-refractivity contribution >= 4 is 16.9 Å². The average molecular weight is 437 g/mol. The standard InChI is InChI=1S/C25H28N2O5/c1-4-26-11-13-27(14-12-26)23(28)16-31-20-9-10-21-22(15-20)32-17(2)24(25(21)29)18-5-7-19(30-3)8-6-18/h5-10,15H,4,11-14,16H2,1-3H3. The van der Waals surface area contributed by atoms with E-state index in [-0.39, 0.29) is 17.9 Å². The van der Waals surface area contributed by atoms with Crippen LogP contribution in [0.3, 0.4) is 0 Å². The van der Waals surface area contributed by atoms with Crippen molar-refractivity contribution in [2.24, 2.45) is 0 Å². The Bertz CT molecular complexity index is 1160. The van der Waals surface area contributed by atoms with E-state index in [1.807, 2.05) is 29.2 Å². The zero-order chi connectivity index (χ0) is 22.7. The van der Waals surface area contributed by atoms with Crippen LogP contribution < -0.4 is 14.9 Å². The molecule has 1 saturated heterocycles. The van der Waals surface area contributed by atoms with Crippen LogP contribution in [0.25, 0.3) is 22.1 Å². The van der Waals surface area contributed by atoms with Gasteiger partial charge in [-0.3, -0.25) is 9.59 Å². The zero-order valence-corrected chi connectivity index (χ0v) is 18.7. The average Bonchev–Trinajstić information content (AvgIpc) is 2.82. The van der Waals surface area contributed by atoms with Crippen LogP contribution in [0.4, 0.5) is 0 Å². The van der Waals surface area contributed by atoms with Gasteiger partial charge in [-0.1, -0.05) is 19.1 Å². The second kappa shape index (κ2) is 9.44. The summed E-state index contributed by atoms with van der Waals surface area (Å²) in [5.74, 6) is 1.71. The van der Waals surface area contributed by atoms with Crippen molar-refractivity contribution in [3.8, 4) is 22.6 Å². The Labute approximate surface area is 187 Å². The van der Waals surface area contributed by atoms with E-state index >= 15 is 0 Å². The van der Waals surface area contributed by atoms with E-state index < -0.39 is 0 Å². The molecule has 1 amide bonds. The molecule has 7 nitrogen and oxygen atoms in total. The van der Waals surface area contributed by atoms with Crippen LogP contribution in [-0.4, -0.2) is 62.1 Å². The summed E-state index contributed by atoms with van der Waals surface area (Å²) >= 11 is 0. The molecular weight excluding hydrogens is 408 g/mol. The molecule has 1 fully saturated rings. The fraction of sp³-hybridized carbons (Fsp3) is 0.360. The number of fused-ring (bicyclic) bond motifs is 1. The van der Waals surface area contributed by atoms with Gasteiger partial charge in [0, 0.05) is 32.2 Å². The first-order chi connectivity index (χ1) is 15.5. The van der Waals surface area contributed by atoms with E-state index in [1.54, 1.807) is 32.2 Å². The number of carbonyl (C=O) groups is 1. The lowest BCUT2D eigenvalue weighted by molar-refractivity contribution is -0.135. The molecule has 1 aliphatic heterocycles. The van der Waals surface area contributed by atoms with E-state index in [1.165, 1.54) is 0 Å². The van der Waals surface area contributed by atoms with Crippen molar-refractivity contribution in [3.05, 3.63) is 58.4 Å². The highest BCUT2D eigenvalue weighted by atomic mass is 16.5. The summed E-state index contributed by atoms with van der Waals surface area (Å²) in [7, 11) is 1.60. The Hall–Kier alpha value is -3.32. The maximum absolute atomic E-state index is 13.1. The van der Waals surface area contributed by atoms with Gasteiger partial charge in [0.05, 0.1) is 18.1 Å². The Morgan fingerprint density at radius 1 is 1.03 bits per heavy atom. The fourth-order valence-electron chi connectivity index (χ4n) is 4.02. The molecule has 0 N–H and O–H groups in total. The van der Waals surface area contributed by atoms with Crippen molar-refractivity contribution in [3.63, 3.8) is 0 Å². The van der Waals surface area contributed by atoms with Gasteiger partial charge in [0.15, 0.2) is 6.61 Å². The second-order valence-corrected chi connectivity index (χ2v) is 7.85. The number of hydrogen-bond acceptors (Lipinski definition) is 6. The van der Waals surface area contributed by atoms with Gasteiger partial charge in [0.1, 0.15) is 22.8 Å². The van der Waals surface area contributed by atoms with Gasteiger partial charge in [0.25, 0.3) is 5.91 Å². The molecule has 0 atom stereocenters. The quantitative estimate of drug-likeness (QED) is 0.590. The van der Waals surface area contributed by atoms with Crippen molar-refractivity contribution in [1.82, 2.24) is 9.80 Å². The first-order valence-electron chi connectivity index (χ1n) is 10.8. The number of carbonyl (C=O) groups excluding carboxylic acids is 1. The highest BCUT2D eigenvalue weighted by molar-refractivity contribution is 5.84. The summed E-state index contributed by atoms with van der Waals surface area (Å²) in [5.41, 5.74) is 1.62. The van der Waals surface area contributed by atoms with E-state index in [0.29, 0.717) is 28.0 Å². The number of benzene rings is 2. The highest BCUT2D eigenvalue weighted by Gasteiger charge is 2.21. The number of aryl methyl sites for hydroxylation is 1. The zero-order valence-electron chi connectivity index (χ0n) is 18.7. The molecule has 3 aromatic rings. The molecule has 0 unspecified atom stereocenters. The normalized spacial score (nSPS) is 14.5. The molecular formula is C25H28N2O5. The predicted molar refractivity (Wildman–Crippen MR) is 123 cm³/mol. The molecule has 2 heterocycles. The summed E-state index contributed by atoms with van der Waals surface area (Å²) in [6.07, 6.45) is 0. The molecule has 7 heteroatoms. The van der Waals surface area contributed by atoms with Crippen molar-refractivity contribution in [2.75, 3.05) is 46.4 Å². The van der Waals surface area contributed by atoms with E-state index in [4.69, 9.17) is 13.9 Å². The van der Waals surface area contributed by atoms with Gasteiger partial charge in [0.2, 0.25) is 5.43 Å². The lowest BCUT2D eigenvalue weighted by Gasteiger charge is -2.33. The number of methoxy groups -OCH3 is 1. The molecule has 1 aliphatic rings. The molecule has 2 aromatic carbocycles. The van der Waals surface area contributed by atoms with E-state index in [0.717, 1.165) is 44.0 Å². The van der Waals surface area contributed by atoms with E-state index in [9.17, 15) is 9.59 Å². The minimum atomic E-state index is -0.106. The highest BCUT2D eigenvalue weighted by Crippen LogP contribution is 2.27. The Morgan fingerprint density at radius 2 is 1.72 bits per heavy atom. The first-order valence-corrected chi connectivity index (χ1v) is 10.8. The van der Waals surface area contributed by atoms with Gasteiger partial charge < -0.3 is 23.7 Å². The maximum Gasteiger partial charge on any atom is 0.260 e. The molecule has 0 spiro atoms. The molecule has 0 saturated carbocycles. The lowest BCUT2D eigenvalue weighted by Crippen LogP contribution is -2.49. The molecule has 0 radical (unpaired) electrons. The summed E-state index contributed by atoms with van der Waals surface area (Å²) in [6.45, 7) is 8.07. The molecule has 1 aromatic heterocycles. The largest absolute Gasteiger partial charge is 0.497 e. The molecule has 32 heavy (non-hydrogen) atoms. The van der Waals surface area contributed by atoms with Crippen molar-refractivity contribution in [1.29, 1.82) is 0 Å². The summed E-state index contributed by atoms with van der Waals surface area (Å²) in [5, 5.41) is 0.468. The minimum absolute atomic E-state index is 0.0339. The van der Waals surface area contributed by atoms with Crippen LogP contribution in [0.15, 0.2) is 51.7 Å². The third-order valence-corrected chi connectivity index (χ3v) is 5.95. The third-order valence-electron chi connectivity index (χ3n) is 5.95. The van der Waals surface area contributed by atoms with Crippen LogP contribution in [0, 0.1) is 6.92 Å². The van der Waals surface area contributed by atoms with Gasteiger partial charge in [-0.2, -0.15) is 0 Å². The van der Waals surface area contributed by atoms with Crippen LogP contribution in [0.5, 0.6) is 11.5 Å². The van der Waals surface area contributed by atoms with Crippen LogP contribution in [0.1, 0.15) is 12.7 Å². The van der Waals surface area contributed by atoms with Crippen molar-refractivity contribution in [2.45, 2.75) is 13.8 Å². The SMILES string of the molecule is CCN1CCN(C(=O)COc2ccc3c(=O)c(-c4ccc(OC)cc4)c(C)oc3c2)CC1. The lowest BCUT2D eigenvalue weighted by atomic mass is 10.0. The predicted octanol–water partition coefficient (Wildman–Crippen LogP) is 3.32. The van der Waals surface area contributed by atoms with Crippen LogP contribution >= 0.6 is 0 Å². The van der Waals surface area contributed by atoms with Crippen LogP contribution in [-0.2, 0) is 4.79 Å². The molecule has 4 rings (SSSR count). The fourth-order valence-corrected chi connectivity index (χ4v) is 4.02. The monoisotopic (exact) mass is 436 g/mol. The number of ether oxygens (including phenoxy) is 2. The van der Waals surface area contributed by atoms with Gasteiger partial charge in [-0.05, 0) is 43.3 Å². The number of rotatable bonds is 6. The molecule has 0 bridgehead atoms. The number of piperazine rings is 1.